The smallest absolute Gasteiger partial charge is 0.238 e. The van der Waals surface area contributed by atoms with Gasteiger partial charge in [-0.2, -0.15) is 0 Å². The largest absolute Gasteiger partial charge is 0.495 e. The number of nitrogens with zero attached hydrogens (tertiary/aromatic N) is 1. The van der Waals surface area contributed by atoms with Gasteiger partial charge < -0.3 is 15.4 Å². The SMILES string of the molecule is COc1ccc(Cl)cc1NC(=O)CN(C)CC(=O)NC1CCCCC1C. The first-order chi connectivity index (χ1) is 12.4. The molecule has 0 aromatic heterocycles. The highest BCUT2D eigenvalue weighted by molar-refractivity contribution is 6.31. The van der Waals surface area contributed by atoms with E-state index in [9.17, 15) is 9.59 Å². The molecule has 0 radical (unpaired) electrons. The normalized spacial score (nSPS) is 19.9. The van der Waals surface area contributed by atoms with Crippen LogP contribution < -0.4 is 15.4 Å². The third-order valence-electron chi connectivity index (χ3n) is 4.72. The molecule has 2 N–H and O–H groups in total. The molecule has 2 atom stereocenters. The lowest BCUT2D eigenvalue weighted by atomic mass is 9.86. The maximum Gasteiger partial charge on any atom is 0.238 e. The highest BCUT2D eigenvalue weighted by atomic mass is 35.5. The number of methoxy groups -OCH3 is 1. The van der Waals surface area contributed by atoms with Crippen LogP contribution in [0.2, 0.25) is 5.02 Å². The Labute approximate surface area is 160 Å². The Kier molecular flexibility index (Phi) is 7.72. The lowest BCUT2D eigenvalue weighted by molar-refractivity contribution is -0.124. The summed E-state index contributed by atoms with van der Waals surface area (Å²) in [6.45, 7) is 2.46. The number of rotatable bonds is 7. The maximum absolute atomic E-state index is 12.2. The second-order valence-electron chi connectivity index (χ2n) is 7.00. The van der Waals surface area contributed by atoms with Crippen molar-refractivity contribution in [2.45, 2.75) is 38.6 Å². The Bertz CT molecular complexity index is 638. The molecule has 26 heavy (non-hydrogen) atoms. The van der Waals surface area contributed by atoms with Crippen molar-refractivity contribution in [2.75, 3.05) is 32.6 Å². The third kappa shape index (κ3) is 6.18. The van der Waals surface area contributed by atoms with E-state index in [2.05, 4.69) is 17.6 Å². The van der Waals surface area contributed by atoms with Gasteiger partial charge in [0.05, 0.1) is 25.9 Å². The molecule has 1 aromatic carbocycles. The molecular formula is C19H28ClN3O3. The number of anilines is 1. The van der Waals surface area contributed by atoms with Crippen LogP contribution >= 0.6 is 11.6 Å². The average Bonchev–Trinajstić information content (AvgIpc) is 2.56. The van der Waals surface area contributed by atoms with E-state index in [1.807, 2.05) is 0 Å². The van der Waals surface area contributed by atoms with Crippen LogP contribution in [0.1, 0.15) is 32.6 Å². The first kappa shape index (κ1) is 20.5. The second kappa shape index (κ2) is 9.78. The molecule has 2 rings (SSSR count). The van der Waals surface area contributed by atoms with Gasteiger partial charge in [-0.3, -0.25) is 14.5 Å². The summed E-state index contributed by atoms with van der Waals surface area (Å²) in [7, 11) is 3.28. The predicted octanol–water partition coefficient (Wildman–Crippen LogP) is 2.91. The zero-order valence-electron chi connectivity index (χ0n) is 15.7. The number of benzene rings is 1. The first-order valence-electron chi connectivity index (χ1n) is 9.00. The molecule has 144 valence electrons. The summed E-state index contributed by atoms with van der Waals surface area (Å²) >= 11 is 5.97. The second-order valence-corrected chi connectivity index (χ2v) is 7.44. The Morgan fingerprint density at radius 1 is 1.23 bits per heavy atom. The fourth-order valence-corrected chi connectivity index (χ4v) is 3.47. The molecule has 1 saturated carbocycles. The van der Waals surface area contributed by atoms with Crippen LogP contribution in [0.25, 0.3) is 0 Å². The molecule has 7 heteroatoms. The van der Waals surface area contributed by atoms with Crippen molar-refractivity contribution >= 4 is 29.1 Å². The van der Waals surface area contributed by atoms with Crippen molar-refractivity contribution in [3.05, 3.63) is 23.2 Å². The maximum atomic E-state index is 12.2. The minimum absolute atomic E-state index is 0.0422. The van der Waals surface area contributed by atoms with Crippen LogP contribution in [0, 0.1) is 5.92 Å². The molecule has 1 aromatic rings. The summed E-state index contributed by atoms with van der Waals surface area (Å²) in [5.41, 5.74) is 0.513. The van der Waals surface area contributed by atoms with Gasteiger partial charge in [-0.1, -0.05) is 31.4 Å². The van der Waals surface area contributed by atoms with Crippen molar-refractivity contribution in [3.8, 4) is 5.75 Å². The number of likely N-dealkylation sites (N-methyl/N-ethyl adjacent to an activating group) is 1. The number of hydrogen-bond acceptors (Lipinski definition) is 4. The number of nitrogens with one attached hydrogen (secondary N) is 2. The van der Waals surface area contributed by atoms with E-state index < -0.39 is 0 Å². The number of hydrogen-bond donors (Lipinski definition) is 2. The van der Waals surface area contributed by atoms with E-state index >= 15 is 0 Å². The molecule has 0 saturated heterocycles. The molecule has 2 amide bonds. The minimum Gasteiger partial charge on any atom is -0.495 e. The monoisotopic (exact) mass is 381 g/mol. The van der Waals surface area contributed by atoms with Gasteiger partial charge in [0, 0.05) is 11.1 Å². The van der Waals surface area contributed by atoms with Gasteiger partial charge in [0.25, 0.3) is 0 Å². The molecule has 6 nitrogen and oxygen atoms in total. The van der Waals surface area contributed by atoms with E-state index in [1.54, 1.807) is 30.1 Å². The standard InChI is InChI=1S/C19H28ClN3O3/c1-13-6-4-5-7-15(13)21-18(24)11-23(2)12-19(25)22-16-10-14(20)8-9-17(16)26-3/h8-10,13,15H,4-7,11-12H2,1-3H3,(H,21,24)(H,22,25). The highest BCUT2D eigenvalue weighted by Gasteiger charge is 2.23. The zero-order chi connectivity index (χ0) is 19.1. The molecule has 1 fully saturated rings. The Balaban J connectivity index is 1.81. The molecule has 2 unspecified atom stereocenters. The summed E-state index contributed by atoms with van der Waals surface area (Å²) in [6, 6.07) is 5.27. The number of halogens is 1. The van der Waals surface area contributed by atoms with E-state index in [0.29, 0.717) is 22.4 Å². The van der Waals surface area contributed by atoms with E-state index in [-0.39, 0.29) is 30.9 Å². The van der Waals surface area contributed by atoms with E-state index in [1.165, 1.54) is 13.5 Å². The van der Waals surface area contributed by atoms with Crippen molar-refractivity contribution in [1.29, 1.82) is 0 Å². The summed E-state index contributed by atoms with van der Waals surface area (Å²) in [5.74, 6) is 0.775. The molecule has 1 aliphatic rings. The van der Waals surface area contributed by atoms with Crippen LogP contribution in [0.3, 0.4) is 0 Å². The quantitative estimate of drug-likeness (QED) is 0.761. The van der Waals surface area contributed by atoms with Crippen LogP contribution in [-0.4, -0.2) is 50.0 Å². The van der Waals surface area contributed by atoms with Crippen molar-refractivity contribution in [1.82, 2.24) is 10.2 Å². The Morgan fingerprint density at radius 3 is 2.62 bits per heavy atom. The molecule has 0 heterocycles. The number of ether oxygens (including phenoxy) is 1. The summed E-state index contributed by atoms with van der Waals surface area (Å²) < 4.78 is 5.21. The van der Waals surface area contributed by atoms with Crippen molar-refractivity contribution < 1.29 is 14.3 Å². The summed E-state index contributed by atoms with van der Waals surface area (Å²) in [6.07, 6.45) is 4.59. The van der Waals surface area contributed by atoms with Gasteiger partial charge in [-0.25, -0.2) is 0 Å². The average molecular weight is 382 g/mol. The molecule has 0 spiro atoms. The van der Waals surface area contributed by atoms with Crippen molar-refractivity contribution in [2.24, 2.45) is 5.92 Å². The Morgan fingerprint density at radius 2 is 1.92 bits per heavy atom. The van der Waals surface area contributed by atoms with Gasteiger partial charge >= 0.3 is 0 Å². The van der Waals surface area contributed by atoms with Gasteiger partial charge in [0.2, 0.25) is 11.8 Å². The van der Waals surface area contributed by atoms with E-state index in [4.69, 9.17) is 16.3 Å². The van der Waals surface area contributed by atoms with Crippen LogP contribution in [0.4, 0.5) is 5.69 Å². The van der Waals surface area contributed by atoms with Crippen LogP contribution in [-0.2, 0) is 9.59 Å². The van der Waals surface area contributed by atoms with Gasteiger partial charge in [0.15, 0.2) is 0 Å². The fourth-order valence-electron chi connectivity index (χ4n) is 3.30. The fraction of sp³-hybridized carbons (Fsp3) is 0.579. The summed E-state index contributed by atoms with van der Waals surface area (Å²) in [5, 5.41) is 6.38. The molecule has 1 aliphatic carbocycles. The number of carbonyl (C=O) groups is 2. The third-order valence-corrected chi connectivity index (χ3v) is 4.96. The summed E-state index contributed by atoms with van der Waals surface area (Å²) in [4.78, 5) is 26.2. The number of amides is 2. The molecule has 0 bridgehead atoms. The van der Waals surface area contributed by atoms with Crippen molar-refractivity contribution in [3.63, 3.8) is 0 Å². The first-order valence-corrected chi connectivity index (χ1v) is 9.38. The molecule has 0 aliphatic heterocycles. The number of carbonyl (C=O) groups excluding carboxylic acids is 2. The zero-order valence-corrected chi connectivity index (χ0v) is 16.4. The lowest BCUT2D eigenvalue weighted by Gasteiger charge is -2.30. The topological polar surface area (TPSA) is 70.7 Å². The van der Waals surface area contributed by atoms with E-state index in [0.717, 1.165) is 19.3 Å². The van der Waals surface area contributed by atoms with Gasteiger partial charge in [0.1, 0.15) is 5.75 Å². The highest BCUT2D eigenvalue weighted by Crippen LogP contribution is 2.27. The lowest BCUT2D eigenvalue weighted by Crippen LogP contribution is -2.46. The van der Waals surface area contributed by atoms with Crippen LogP contribution in [0.15, 0.2) is 18.2 Å². The minimum atomic E-state index is -0.230. The predicted molar refractivity (Wildman–Crippen MR) is 104 cm³/mol. The van der Waals surface area contributed by atoms with Gasteiger partial charge in [-0.15, -0.1) is 0 Å². The van der Waals surface area contributed by atoms with Crippen LogP contribution in [0.5, 0.6) is 5.75 Å². The Hall–Kier alpha value is -1.79. The molecular weight excluding hydrogens is 354 g/mol. The van der Waals surface area contributed by atoms with Gasteiger partial charge in [-0.05, 0) is 44.0 Å².